The van der Waals surface area contributed by atoms with Crippen LogP contribution in [0.2, 0.25) is 0 Å². The van der Waals surface area contributed by atoms with Crippen molar-refractivity contribution in [3.63, 3.8) is 0 Å². The Morgan fingerprint density at radius 3 is 2.42 bits per heavy atom. The quantitative estimate of drug-likeness (QED) is 0.816. The topological polar surface area (TPSA) is 40.5 Å². The van der Waals surface area contributed by atoms with Crippen molar-refractivity contribution in [2.24, 2.45) is 0 Å². The Kier molecular flexibility index (Phi) is 5.45. The van der Waals surface area contributed by atoms with Gasteiger partial charge in [-0.25, -0.2) is 0 Å². The fraction of sp³-hybridized carbons (Fsp3) is 0.200. The van der Waals surface area contributed by atoms with Gasteiger partial charge in [-0.2, -0.15) is 0 Å². The number of aliphatic hydroxyl groups is 2. The molecule has 0 heterocycles. The van der Waals surface area contributed by atoms with E-state index in [4.69, 9.17) is 5.11 Å². The van der Waals surface area contributed by atoms with Crippen LogP contribution in [0.4, 0.5) is 0 Å². The van der Waals surface area contributed by atoms with E-state index in [1.807, 2.05) is 30.3 Å². The van der Waals surface area contributed by atoms with Gasteiger partial charge in [-0.05, 0) is 34.9 Å². The van der Waals surface area contributed by atoms with Crippen LogP contribution < -0.4 is 0 Å². The zero-order valence-corrected chi connectivity index (χ0v) is 12.7. The molecule has 0 aromatic heterocycles. The van der Waals surface area contributed by atoms with Crippen molar-refractivity contribution < 1.29 is 10.2 Å². The van der Waals surface area contributed by atoms with E-state index in [1.54, 1.807) is 11.8 Å². The van der Waals surface area contributed by atoms with Gasteiger partial charge in [-0.3, -0.25) is 0 Å². The molecule has 0 atom stereocenters. The number of hydrogen-bond acceptors (Lipinski definition) is 3. The maximum absolute atomic E-state index is 9.27. The van der Waals surface area contributed by atoms with Crippen LogP contribution in [0.5, 0.6) is 0 Å². The van der Waals surface area contributed by atoms with Crippen molar-refractivity contribution in [2.75, 3.05) is 0 Å². The summed E-state index contributed by atoms with van der Waals surface area (Å²) in [5.41, 5.74) is 2.74. The molecule has 2 aromatic rings. The first-order chi connectivity index (χ1) is 9.22. The monoisotopic (exact) mass is 338 g/mol. The smallest absolute Gasteiger partial charge is 0.0685 e. The molecule has 0 aliphatic rings. The standard InChI is InChI=1S/C15H15BrO2S/c16-14-2-1-3-15(7-14)19-10-11-4-5-12(8-17)13(6-11)9-18/h1-7,17-18H,8-10H2. The first-order valence-corrected chi connectivity index (χ1v) is 7.71. The SMILES string of the molecule is OCc1ccc(CSc2cccc(Br)c2)cc1CO. The molecule has 0 radical (unpaired) electrons. The van der Waals surface area contributed by atoms with Crippen LogP contribution in [0.15, 0.2) is 51.8 Å². The molecule has 0 aliphatic carbocycles. The van der Waals surface area contributed by atoms with Crippen molar-refractivity contribution in [3.05, 3.63) is 63.6 Å². The number of halogens is 1. The van der Waals surface area contributed by atoms with Crippen molar-refractivity contribution in [1.82, 2.24) is 0 Å². The first kappa shape index (κ1) is 14.6. The van der Waals surface area contributed by atoms with Crippen LogP contribution >= 0.6 is 27.7 Å². The number of hydrogen-bond donors (Lipinski definition) is 2. The van der Waals surface area contributed by atoms with E-state index in [9.17, 15) is 5.11 Å². The molecule has 0 fully saturated rings. The molecule has 0 saturated carbocycles. The molecule has 2 rings (SSSR count). The fourth-order valence-corrected chi connectivity index (χ4v) is 3.24. The molecule has 0 saturated heterocycles. The largest absolute Gasteiger partial charge is 0.392 e. The van der Waals surface area contributed by atoms with Crippen LogP contribution in [0, 0.1) is 0 Å². The lowest BCUT2D eigenvalue weighted by molar-refractivity contribution is 0.260. The highest BCUT2D eigenvalue weighted by molar-refractivity contribution is 9.10. The Balaban J connectivity index is 2.07. The van der Waals surface area contributed by atoms with Gasteiger partial charge in [-0.1, -0.05) is 40.2 Å². The van der Waals surface area contributed by atoms with E-state index in [1.165, 1.54) is 4.90 Å². The Bertz CT molecular complexity index is 558. The average molecular weight is 339 g/mol. The predicted octanol–water partition coefficient (Wildman–Crippen LogP) is 3.73. The Hall–Kier alpha value is -0.810. The third-order valence-electron chi connectivity index (χ3n) is 2.81. The summed E-state index contributed by atoms with van der Waals surface area (Å²) in [6, 6.07) is 14.0. The van der Waals surface area contributed by atoms with Crippen LogP contribution in [-0.4, -0.2) is 10.2 Å². The van der Waals surface area contributed by atoms with E-state index in [-0.39, 0.29) is 13.2 Å². The molecular formula is C15H15BrO2S. The summed E-state index contributed by atoms with van der Waals surface area (Å²) < 4.78 is 1.07. The summed E-state index contributed by atoms with van der Waals surface area (Å²) in [6.07, 6.45) is 0. The maximum Gasteiger partial charge on any atom is 0.0685 e. The molecule has 0 amide bonds. The Morgan fingerprint density at radius 1 is 0.947 bits per heavy atom. The second-order valence-corrected chi connectivity index (χ2v) is 6.13. The normalized spacial score (nSPS) is 10.7. The fourth-order valence-electron chi connectivity index (χ4n) is 1.79. The minimum absolute atomic E-state index is 0.0328. The Morgan fingerprint density at radius 2 is 1.74 bits per heavy atom. The van der Waals surface area contributed by atoms with Gasteiger partial charge in [0, 0.05) is 15.1 Å². The van der Waals surface area contributed by atoms with Crippen LogP contribution in [0.1, 0.15) is 16.7 Å². The zero-order chi connectivity index (χ0) is 13.7. The summed E-state index contributed by atoms with van der Waals surface area (Å²) in [5.74, 6) is 0.842. The van der Waals surface area contributed by atoms with Crippen LogP contribution in [0.25, 0.3) is 0 Å². The number of thioether (sulfide) groups is 1. The van der Waals surface area contributed by atoms with Gasteiger partial charge in [0.1, 0.15) is 0 Å². The minimum atomic E-state index is -0.0364. The van der Waals surface area contributed by atoms with Crippen LogP contribution in [-0.2, 0) is 19.0 Å². The van der Waals surface area contributed by atoms with Gasteiger partial charge in [0.2, 0.25) is 0 Å². The average Bonchev–Trinajstić information content (AvgIpc) is 2.45. The van der Waals surface area contributed by atoms with Crippen molar-refractivity contribution in [2.45, 2.75) is 23.9 Å². The van der Waals surface area contributed by atoms with Crippen molar-refractivity contribution >= 4 is 27.7 Å². The van der Waals surface area contributed by atoms with Gasteiger partial charge < -0.3 is 10.2 Å². The highest BCUT2D eigenvalue weighted by Gasteiger charge is 2.03. The molecule has 0 spiro atoms. The first-order valence-electron chi connectivity index (χ1n) is 5.93. The summed E-state index contributed by atoms with van der Waals surface area (Å²) in [7, 11) is 0. The predicted molar refractivity (Wildman–Crippen MR) is 82.0 cm³/mol. The second-order valence-electron chi connectivity index (χ2n) is 4.17. The summed E-state index contributed by atoms with van der Waals surface area (Å²) in [4.78, 5) is 1.20. The number of benzene rings is 2. The van der Waals surface area contributed by atoms with Crippen LogP contribution in [0.3, 0.4) is 0 Å². The molecule has 2 N–H and O–H groups in total. The number of rotatable bonds is 5. The van der Waals surface area contributed by atoms with E-state index in [0.29, 0.717) is 0 Å². The van der Waals surface area contributed by atoms with E-state index < -0.39 is 0 Å². The molecule has 100 valence electrons. The lowest BCUT2D eigenvalue weighted by Gasteiger charge is -2.08. The van der Waals surface area contributed by atoms with Gasteiger partial charge in [0.25, 0.3) is 0 Å². The lowest BCUT2D eigenvalue weighted by atomic mass is 10.1. The highest BCUT2D eigenvalue weighted by atomic mass is 79.9. The lowest BCUT2D eigenvalue weighted by Crippen LogP contribution is -1.95. The van der Waals surface area contributed by atoms with Gasteiger partial charge in [-0.15, -0.1) is 11.8 Å². The molecule has 4 heteroatoms. The molecule has 2 nitrogen and oxygen atoms in total. The van der Waals surface area contributed by atoms with E-state index in [0.717, 1.165) is 26.9 Å². The second kappa shape index (κ2) is 7.10. The Labute approximate surface area is 125 Å². The minimum Gasteiger partial charge on any atom is -0.392 e. The van der Waals surface area contributed by atoms with Gasteiger partial charge in [0.15, 0.2) is 0 Å². The van der Waals surface area contributed by atoms with Crippen molar-refractivity contribution in [1.29, 1.82) is 0 Å². The third-order valence-corrected chi connectivity index (χ3v) is 4.37. The summed E-state index contributed by atoms with van der Waals surface area (Å²) in [6.45, 7) is -0.0692. The molecular weight excluding hydrogens is 324 g/mol. The summed E-state index contributed by atoms with van der Waals surface area (Å²) in [5, 5.41) is 18.4. The molecule has 0 bridgehead atoms. The summed E-state index contributed by atoms with van der Waals surface area (Å²) >= 11 is 5.20. The van der Waals surface area contributed by atoms with E-state index >= 15 is 0 Å². The molecule has 2 aromatic carbocycles. The highest BCUT2D eigenvalue weighted by Crippen LogP contribution is 2.26. The molecule has 19 heavy (non-hydrogen) atoms. The molecule has 0 aliphatic heterocycles. The molecule has 0 unspecified atom stereocenters. The maximum atomic E-state index is 9.27. The zero-order valence-electron chi connectivity index (χ0n) is 10.3. The number of aliphatic hydroxyl groups excluding tert-OH is 2. The van der Waals surface area contributed by atoms with Crippen molar-refractivity contribution in [3.8, 4) is 0 Å². The third kappa shape index (κ3) is 4.08. The van der Waals surface area contributed by atoms with E-state index in [2.05, 4.69) is 28.1 Å². The van der Waals surface area contributed by atoms with Gasteiger partial charge >= 0.3 is 0 Å². The van der Waals surface area contributed by atoms with Gasteiger partial charge in [0.05, 0.1) is 13.2 Å².